The molecular formula is C20H22FN3O2S. The van der Waals surface area contributed by atoms with E-state index in [1.807, 2.05) is 25.5 Å². The molecule has 3 rings (SSSR count). The highest BCUT2D eigenvalue weighted by molar-refractivity contribution is 7.10. The van der Waals surface area contributed by atoms with Crippen LogP contribution in [0.5, 0.6) is 0 Å². The number of oxazole rings is 1. The summed E-state index contributed by atoms with van der Waals surface area (Å²) in [6.45, 7) is 2.23. The normalized spacial score (nSPS) is 12.3. The van der Waals surface area contributed by atoms with Crippen LogP contribution in [0.1, 0.15) is 22.4 Å². The Labute approximate surface area is 161 Å². The zero-order chi connectivity index (χ0) is 19.4. The summed E-state index contributed by atoms with van der Waals surface area (Å²) in [5, 5.41) is 4.98. The maximum absolute atomic E-state index is 13.9. The molecule has 3 aromatic rings. The predicted octanol–water partition coefficient (Wildman–Crippen LogP) is 3.81. The van der Waals surface area contributed by atoms with E-state index in [0.717, 1.165) is 0 Å². The maximum atomic E-state index is 13.9. The van der Waals surface area contributed by atoms with Crippen LogP contribution in [0.15, 0.2) is 46.2 Å². The van der Waals surface area contributed by atoms with E-state index < -0.39 is 5.82 Å². The molecular weight excluding hydrogens is 365 g/mol. The lowest BCUT2D eigenvalue weighted by Crippen LogP contribution is -2.35. The summed E-state index contributed by atoms with van der Waals surface area (Å²) in [5.41, 5.74) is 0.806. The number of hydrogen-bond donors (Lipinski definition) is 1. The molecule has 142 valence electrons. The van der Waals surface area contributed by atoms with Gasteiger partial charge in [-0.3, -0.25) is 4.79 Å². The SMILES string of the molecule is Cc1oc(-c2ccccc2F)nc1CC(=O)NCC(c1cccs1)N(C)C. The predicted molar refractivity (Wildman–Crippen MR) is 104 cm³/mol. The van der Waals surface area contributed by atoms with Crippen molar-refractivity contribution in [2.45, 2.75) is 19.4 Å². The van der Waals surface area contributed by atoms with E-state index in [1.165, 1.54) is 10.9 Å². The Morgan fingerprint density at radius 3 is 2.74 bits per heavy atom. The lowest BCUT2D eigenvalue weighted by atomic mass is 10.2. The van der Waals surface area contributed by atoms with Gasteiger partial charge in [0.25, 0.3) is 0 Å². The summed E-state index contributed by atoms with van der Waals surface area (Å²) >= 11 is 1.66. The summed E-state index contributed by atoms with van der Waals surface area (Å²) in [7, 11) is 3.97. The molecule has 1 aromatic carbocycles. The molecule has 2 aromatic heterocycles. The van der Waals surface area contributed by atoms with Gasteiger partial charge < -0.3 is 14.6 Å². The second-order valence-electron chi connectivity index (χ2n) is 6.48. The molecule has 0 aliphatic heterocycles. The third-order valence-corrected chi connectivity index (χ3v) is 5.29. The van der Waals surface area contributed by atoms with Gasteiger partial charge in [-0.25, -0.2) is 9.37 Å². The first kappa shape index (κ1) is 19.3. The minimum Gasteiger partial charge on any atom is -0.441 e. The monoisotopic (exact) mass is 387 g/mol. The zero-order valence-electron chi connectivity index (χ0n) is 15.5. The number of aromatic nitrogens is 1. The molecule has 1 atom stereocenters. The number of thiophene rings is 1. The molecule has 1 amide bonds. The molecule has 0 radical (unpaired) electrons. The fraction of sp³-hybridized carbons (Fsp3) is 0.300. The fourth-order valence-corrected chi connectivity index (χ4v) is 3.71. The minimum absolute atomic E-state index is 0.0916. The van der Waals surface area contributed by atoms with Crippen molar-refractivity contribution >= 4 is 17.2 Å². The van der Waals surface area contributed by atoms with E-state index in [2.05, 4.69) is 21.3 Å². The molecule has 0 saturated heterocycles. The van der Waals surface area contributed by atoms with Crippen molar-refractivity contribution in [3.63, 3.8) is 0 Å². The molecule has 0 fully saturated rings. The van der Waals surface area contributed by atoms with Crippen molar-refractivity contribution < 1.29 is 13.6 Å². The van der Waals surface area contributed by atoms with Crippen molar-refractivity contribution in [2.24, 2.45) is 0 Å². The number of rotatable bonds is 7. The average molecular weight is 387 g/mol. The van der Waals surface area contributed by atoms with Crippen LogP contribution in [0.4, 0.5) is 4.39 Å². The number of likely N-dealkylation sites (N-methyl/N-ethyl adjacent to an activating group) is 1. The lowest BCUT2D eigenvalue weighted by molar-refractivity contribution is -0.120. The van der Waals surface area contributed by atoms with Crippen LogP contribution < -0.4 is 5.32 Å². The van der Waals surface area contributed by atoms with Gasteiger partial charge in [-0.15, -0.1) is 11.3 Å². The number of aryl methyl sites for hydroxylation is 1. The first-order valence-electron chi connectivity index (χ1n) is 8.63. The van der Waals surface area contributed by atoms with Gasteiger partial charge in [0.2, 0.25) is 11.8 Å². The smallest absolute Gasteiger partial charge is 0.229 e. The van der Waals surface area contributed by atoms with Crippen molar-refractivity contribution in [1.29, 1.82) is 0 Å². The van der Waals surface area contributed by atoms with E-state index in [1.54, 1.807) is 36.5 Å². The molecule has 5 nitrogen and oxygen atoms in total. The van der Waals surface area contributed by atoms with E-state index >= 15 is 0 Å². The highest BCUT2D eigenvalue weighted by atomic mass is 32.1. The lowest BCUT2D eigenvalue weighted by Gasteiger charge is -2.23. The van der Waals surface area contributed by atoms with E-state index in [-0.39, 0.29) is 29.8 Å². The number of nitrogens with one attached hydrogen (secondary N) is 1. The molecule has 2 heterocycles. The number of hydrogen-bond acceptors (Lipinski definition) is 5. The quantitative estimate of drug-likeness (QED) is 0.670. The van der Waals surface area contributed by atoms with Crippen LogP contribution in [0.2, 0.25) is 0 Å². The molecule has 0 bridgehead atoms. The van der Waals surface area contributed by atoms with Crippen molar-refractivity contribution in [3.8, 4) is 11.5 Å². The molecule has 0 saturated carbocycles. The summed E-state index contributed by atoms with van der Waals surface area (Å²) in [4.78, 5) is 20.0. The Kier molecular flexibility index (Phi) is 6.03. The Morgan fingerprint density at radius 1 is 1.30 bits per heavy atom. The second-order valence-corrected chi connectivity index (χ2v) is 7.46. The molecule has 0 spiro atoms. The number of carbonyl (C=O) groups excluding carboxylic acids is 1. The van der Waals surface area contributed by atoms with Crippen molar-refractivity contribution in [3.05, 3.63) is 63.9 Å². The third kappa shape index (κ3) is 4.61. The van der Waals surface area contributed by atoms with Crippen LogP contribution >= 0.6 is 11.3 Å². The van der Waals surface area contributed by atoms with Gasteiger partial charge in [-0.05, 0) is 44.6 Å². The summed E-state index contributed by atoms with van der Waals surface area (Å²) in [6, 6.07) is 10.5. The highest BCUT2D eigenvalue weighted by Crippen LogP contribution is 2.25. The molecule has 0 aliphatic carbocycles. The first-order valence-corrected chi connectivity index (χ1v) is 9.51. The van der Waals surface area contributed by atoms with Crippen LogP contribution in [0.3, 0.4) is 0 Å². The van der Waals surface area contributed by atoms with Gasteiger partial charge in [0.15, 0.2) is 0 Å². The van der Waals surface area contributed by atoms with Gasteiger partial charge in [-0.2, -0.15) is 0 Å². The molecule has 0 aliphatic rings. The van der Waals surface area contributed by atoms with E-state index in [0.29, 0.717) is 18.0 Å². The summed E-state index contributed by atoms with van der Waals surface area (Å²) in [6.07, 6.45) is 0.0916. The number of nitrogens with zero attached hydrogens (tertiary/aromatic N) is 2. The summed E-state index contributed by atoms with van der Waals surface area (Å²) in [5.74, 6) is 0.165. The maximum Gasteiger partial charge on any atom is 0.229 e. The average Bonchev–Trinajstić information content (AvgIpc) is 3.26. The molecule has 7 heteroatoms. The Morgan fingerprint density at radius 2 is 2.07 bits per heavy atom. The Balaban J connectivity index is 1.65. The van der Waals surface area contributed by atoms with Gasteiger partial charge in [-0.1, -0.05) is 18.2 Å². The molecule has 1 N–H and O–H groups in total. The largest absolute Gasteiger partial charge is 0.441 e. The topological polar surface area (TPSA) is 58.4 Å². The van der Waals surface area contributed by atoms with Gasteiger partial charge in [0, 0.05) is 11.4 Å². The van der Waals surface area contributed by atoms with Crippen molar-refractivity contribution in [1.82, 2.24) is 15.2 Å². The standard InChI is InChI=1S/C20H22FN3O2S/c1-13-16(23-20(26-13)14-7-4-5-8-15(14)21)11-19(25)22-12-17(24(2)3)18-9-6-10-27-18/h4-10,17H,11-12H2,1-3H3,(H,22,25). The molecule has 27 heavy (non-hydrogen) atoms. The minimum atomic E-state index is -0.403. The number of benzene rings is 1. The zero-order valence-corrected chi connectivity index (χ0v) is 16.3. The fourth-order valence-electron chi connectivity index (χ4n) is 2.79. The van der Waals surface area contributed by atoms with Crippen molar-refractivity contribution in [2.75, 3.05) is 20.6 Å². The van der Waals surface area contributed by atoms with Crippen LogP contribution in [0.25, 0.3) is 11.5 Å². The van der Waals surface area contributed by atoms with Gasteiger partial charge >= 0.3 is 0 Å². The first-order chi connectivity index (χ1) is 13.0. The number of amides is 1. The third-order valence-electron chi connectivity index (χ3n) is 4.31. The van der Waals surface area contributed by atoms with Gasteiger partial charge in [0.05, 0.1) is 23.7 Å². The number of halogens is 1. The van der Waals surface area contributed by atoms with Gasteiger partial charge in [0.1, 0.15) is 11.6 Å². The molecule has 1 unspecified atom stereocenters. The van der Waals surface area contributed by atoms with Crippen LogP contribution in [-0.2, 0) is 11.2 Å². The Hall–Kier alpha value is -2.51. The summed E-state index contributed by atoms with van der Waals surface area (Å²) < 4.78 is 19.5. The van der Waals surface area contributed by atoms with E-state index in [4.69, 9.17) is 4.42 Å². The number of carbonyl (C=O) groups is 1. The Bertz CT molecular complexity index is 906. The highest BCUT2D eigenvalue weighted by Gasteiger charge is 2.19. The second kappa shape index (κ2) is 8.45. The van der Waals surface area contributed by atoms with Crippen LogP contribution in [-0.4, -0.2) is 36.4 Å². The van der Waals surface area contributed by atoms with Crippen LogP contribution in [0, 0.1) is 12.7 Å². The van der Waals surface area contributed by atoms with E-state index in [9.17, 15) is 9.18 Å².